The first-order valence-electron chi connectivity index (χ1n) is 5.79. The third-order valence-electron chi connectivity index (χ3n) is 2.50. The molecular formula is C12H10F2N2O5S. The van der Waals surface area contributed by atoms with Gasteiger partial charge in [0.05, 0.1) is 12.8 Å². The summed E-state index contributed by atoms with van der Waals surface area (Å²) in [4.78, 5) is 11.4. The molecule has 0 saturated carbocycles. The summed E-state index contributed by atoms with van der Waals surface area (Å²) in [5.74, 6) is -1.07. The molecule has 22 heavy (non-hydrogen) atoms. The number of benzene rings is 1. The van der Waals surface area contributed by atoms with Crippen LogP contribution in [-0.2, 0) is 19.7 Å². The van der Waals surface area contributed by atoms with Crippen LogP contribution in [0.25, 0.3) is 0 Å². The number of methoxy groups -OCH3 is 1. The minimum absolute atomic E-state index is 0.112. The zero-order valence-electron chi connectivity index (χ0n) is 11.1. The lowest BCUT2D eigenvalue weighted by molar-refractivity contribution is -0.136. The van der Waals surface area contributed by atoms with Gasteiger partial charge in [-0.15, -0.1) is 4.40 Å². The lowest BCUT2D eigenvalue weighted by Gasteiger charge is -2.14. The zero-order valence-corrected chi connectivity index (χ0v) is 11.9. The Hall–Kier alpha value is -2.49. The van der Waals surface area contributed by atoms with Crippen molar-refractivity contribution in [2.75, 3.05) is 7.11 Å². The minimum atomic E-state index is -4.14. The normalized spacial score (nSPS) is 16.4. The van der Waals surface area contributed by atoms with Gasteiger partial charge >= 0.3 is 22.8 Å². The number of nitrogens with zero attached hydrogens (tertiary/aromatic N) is 1. The molecule has 0 bridgehead atoms. The van der Waals surface area contributed by atoms with E-state index < -0.39 is 22.8 Å². The van der Waals surface area contributed by atoms with Gasteiger partial charge in [0.2, 0.25) is 0 Å². The number of alkyl halides is 2. The molecule has 1 aromatic rings. The zero-order chi connectivity index (χ0) is 16.3. The van der Waals surface area contributed by atoms with Crippen LogP contribution in [0.5, 0.6) is 5.75 Å². The van der Waals surface area contributed by atoms with Crippen molar-refractivity contribution in [3.8, 4) is 5.75 Å². The first-order valence-corrected chi connectivity index (χ1v) is 7.23. The standard InChI is InChI=1S/C12H10F2N2O5S/c1-20-11(17)10-6-9(15-22(18,19)16-10)7-3-2-4-8(5-7)21-12(13)14/h2-6,12,16H,1H3. The quantitative estimate of drug-likeness (QED) is 0.830. The molecule has 0 spiro atoms. The van der Waals surface area contributed by atoms with Crippen molar-refractivity contribution in [3.63, 3.8) is 0 Å². The van der Waals surface area contributed by atoms with Crippen molar-refractivity contribution in [1.29, 1.82) is 0 Å². The van der Waals surface area contributed by atoms with Crippen LogP contribution >= 0.6 is 0 Å². The van der Waals surface area contributed by atoms with Gasteiger partial charge in [0, 0.05) is 5.56 Å². The minimum Gasteiger partial charge on any atom is -0.464 e. The average Bonchev–Trinajstić information content (AvgIpc) is 2.44. The Morgan fingerprint density at radius 1 is 1.36 bits per heavy atom. The van der Waals surface area contributed by atoms with E-state index in [0.717, 1.165) is 13.2 Å². The van der Waals surface area contributed by atoms with Crippen LogP contribution in [0.4, 0.5) is 8.78 Å². The molecule has 0 unspecified atom stereocenters. The number of rotatable bonds is 4. The Labute approximate surface area is 124 Å². The van der Waals surface area contributed by atoms with Crippen molar-refractivity contribution in [1.82, 2.24) is 4.72 Å². The van der Waals surface area contributed by atoms with Gasteiger partial charge in [-0.3, -0.25) is 4.72 Å². The van der Waals surface area contributed by atoms with E-state index in [1.54, 1.807) is 0 Å². The summed E-state index contributed by atoms with van der Waals surface area (Å²) < 4.78 is 61.6. The summed E-state index contributed by atoms with van der Waals surface area (Å²) in [6.45, 7) is -3.02. The van der Waals surface area contributed by atoms with Crippen molar-refractivity contribution < 1.29 is 31.5 Å². The fourth-order valence-corrected chi connectivity index (χ4v) is 2.54. The van der Waals surface area contributed by atoms with Crippen molar-refractivity contribution in [2.24, 2.45) is 4.40 Å². The molecule has 0 aromatic heterocycles. The summed E-state index contributed by atoms with van der Waals surface area (Å²) in [5, 5.41) is 0. The topological polar surface area (TPSA) is 94.1 Å². The van der Waals surface area contributed by atoms with Crippen LogP contribution < -0.4 is 9.46 Å². The van der Waals surface area contributed by atoms with E-state index in [-0.39, 0.29) is 22.7 Å². The second-order valence-corrected chi connectivity index (χ2v) is 5.35. The summed E-state index contributed by atoms with van der Waals surface area (Å²) >= 11 is 0. The number of carbonyl (C=O) groups is 1. The van der Waals surface area contributed by atoms with Crippen LogP contribution in [0.15, 0.2) is 40.4 Å². The van der Waals surface area contributed by atoms with Crippen molar-refractivity contribution in [2.45, 2.75) is 6.61 Å². The number of allylic oxidation sites excluding steroid dienone is 1. The fraction of sp³-hybridized carbons (Fsp3) is 0.167. The van der Waals surface area contributed by atoms with E-state index in [0.29, 0.717) is 0 Å². The first-order chi connectivity index (χ1) is 10.3. The third-order valence-corrected chi connectivity index (χ3v) is 3.41. The van der Waals surface area contributed by atoms with Gasteiger partial charge in [-0.05, 0) is 18.2 Å². The van der Waals surface area contributed by atoms with E-state index in [4.69, 9.17) is 0 Å². The molecule has 0 fully saturated rings. The monoisotopic (exact) mass is 332 g/mol. The Kier molecular flexibility index (Phi) is 4.40. The van der Waals surface area contributed by atoms with Gasteiger partial charge in [0.25, 0.3) is 0 Å². The molecule has 0 atom stereocenters. The smallest absolute Gasteiger partial charge is 0.387 e. The molecule has 1 heterocycles. The average molecular weight is 332 g/mol. The number of hydrogen-bond acceptors (Lipinski definition) is 5. The molecule has 0 aliphatic carbocycles. The third kappa shape index (κ3) is 3.79. The highest BCUT2D eigenvalue weighted by molar-refractivity contribution is 7.88. The molecule has 1 aliphatic rings. The number of carbonyl (C=O) groups excluding carboxylic acids is 1. The number of esters is 1. The maximum absolute atomic E-state index is 12.2. The second kappa shape index (κ2) is 6.10. The maximum Gasteiger partial charge on any atom is 0.387 e. The summed E-state index contributed by atoms with van der Waals surface area (Å²) in [7, 11) is -3.06. The number of halogens is 2. The van der Waals surface area contributed by atoms with Gasteiger partial charge in [-0.25, -0.2) is 4.79 Å². The molecule has 0 amide bonds. The lowest BCUT2D eigenvalue weighted by Crippen LogP contribution is -2.31. The molecule has 2 rings (SSSR count). The summed E-state index contributed by atoms with van der Waals surface area (Å²) in [6, 6.07) is 5.27. The molecular weight excluding hydrogens is 322 g/mol. The van der Waals surface area contributed by atoms with Gasteiger partial charge < -0.3 is 9.47 Å². The van der Waals surface area contributed by atoms with E-state index in [1.165, 1.54) is 24.3 Å². The van der Waals surface area contributed by atoms with E-state index in [9.17, 15) is 22.0 Å². The van der Waals surface area contributed by atoms with Crippen molar-refractivity contribution in [3.05, 3.63) is 41.6 Å². The SMILES string of the molecule is COC(=O)C1=CC(c2cccc(OC(F)F)c2)=NS(=O)(=O)N1. The largest absolute Gasteiger partial charge is 0.464 e. The maximum atomic E-state index is 12.2. The van der Waals surface area contributed by atoms with Gasteiger partial charge in [-0.1, -0.05) is 12.1 Å². The number of ether oxygens (including phenoxy) is 2. The molecule has 1 aromatic carbocycles. The number of hydrogen-bond donors (Lipinski definition) is 1. The van der Waals surface area contributed by atoms with E-state index in [1.807, 2.05) is 4.72 Å². The second-order valence-electron chi connectivity index (χ2n) is 4.01. The highest BCUT2D eigenvalue weighted by Gasteiger charge is 2.24. The Morgan fingerprint density at radius 2 is 2.09 bits per heavy atom. The Balaban J connectivity index is 2.43. The van der Waals surface area contributed by atoms with E-state index >= 15 is 0 Å². The Morgan fingerprint density at radius 3 is 2.73 bits per heavy atom. The van der Waals surface area contributed by atoms with Crippen LogP contribution in [0.3, 0.4) is 0 Å². The van der Waals surface area contributed by atoms with Crippen LogP contribution in [-0.4, -0.2) is 33.8 Å². The predicted octanol–water partition coefficient (Wildman–Crippen LogP) is 0.982. The van der Waals surface area contributed by atoms with Gasteiger partial charge in [0.15, 0.2) is 0 Å². The molecule has 1 N–H and O–H groups in total. The van der Waals surface area contributed by atoms with Gasteiger partial charge in [-0.2, -0.15) is 17.2 Å². The summed E-state index contributed by atoms with van der Waals surface area (Å²) in [5.41, 5.74) is -0.267. The molecule has 7 nitrogen and oxygen atoms in total. The molecule has 10 heteroatoms. The highest BCUT2D eigenvalue weighted by Crippen LogP contribution is 2.19. The van der Waals surface area contributed by atoms with Crippen LogP contribution in [0.2, 0.25) is 0 Å². The highest BCUT2D eigenvalue weighted by atomic mass is 32.2. The van der Waals surface area contributed by atoms with Crippen LogP contribution in [0.1, 0.15) is 5.56 Å². The lowest BCUT2D eigenvalue weighted by atomic mass is 10.1. The van der Waals surface area contributed by atoms with Gasteiger partial charge in [0.1, 0.15) is 11.4 Å². The molecule has 0 radical (unpaired) electrons. The Bertz CT molecular complexity index is 759. The van der Waals surface area contributed by atoms with E-state index in [2.05, 4.69) is 13.9 Å². The molecule has 0 saturated heterocycles. The number of nitrogens with one attached hydrogen (secondary N) is 1. The predicted molar refractivity (Wildman–Crippen MR) is 71.8 cm³/mol. The molecule has 118 valence electrons. The first kappa shape index (κ1) is 15.9. The van der Waals surface area contributed by atoms with Crippen LogP contribution in [0, 0.1) is 0 Å². The molecule has 1 aliphatic heterocycles. The fourth-order valence-electron chi connectivity index (χ4n) is 1.66. The summed E-state index contributed by atoms with van der Waals surface area (Å²) in [6.07, 6.45) is 1.13. The van der Waals surface area contributed by atoms with Crippen molar-refractivity contribution >= 4 is 21.9 Å².